The fraction of sp³-hybridized carbons (Fsp3) is 0.0508. The molecule has 3 heterocycles. The third-order valence-electron chi connectivity index (χ3n) is 14.2. The highest BCUT2D eigenvalue weighted by atomic mass is 32.2. The molecule has 0 fully saturated rings. The van der Waals surface area contributed by atoms with E-state index in [1.807, 2.05) is 11.8 Å². The third kappa shape index (κ3) is 4.51. The zero-order chi connectivity index (χ0) is 40.5. The normalized spacial score (nSPS) is 17.8. The molecule has 1 spiro atoms. The summed E-state index contributed by atoms with van der Waals surface area (Å²) >= 11 is 1.90. The summed E-state index contributed by atoms with van der Waals surface area (Å²) in [7, 11) is 0. The summed E-state index contributed by atoms with van der Waals surface area (Å²) in [5.74, 6) is 0.322. The molecule has 14 rings (SSSR count). The van der Waals surface area contributed by atoms with E-state index in [9.17, 15) is 0 Å². The molecular formula is C59H38N2S. The number of aromatic nitrogens is 2. The first-order chi connectivity index (χ1) is 30.8. The number of nitrogens with zero attached hydrogens (tertiary/aromatic N) is 2. The maximum atomic E-state index is 2.60. The lowest BCUT2D eigenvalue weighted by atomic mass is 9.67. The minimum Gasteiger partial charge on any atom is -0.312 e. The number of rotatable bonds is 3. The fourth-order valence-corrected chi connectivity index (χ4v) is 12.9. The number of benzene rings is 8. The van der Waals surface area contributed by atoms with Crippen LogP contribution in [0.5, 0.6) is 0 Å². The minimum atomic E-state index is -0.438. The third-order valence-corrected chi connectivity index (χ3v) is 15.3. The first-order valence-corrected chi connectivity index (χ1v) is 22.5. The SMILES string of the molecule is C1=CC2C(c3ccc4c(c3)c3ccccc3n4-c3ccccc3)=CC=C(n3c4ccccc4c4cc5c(cc43)C3(c4ccccc4Sc4ccccc43)c3ccccc3-5)C2C=C1. The summed E-state index contributed by atoms with van der Waals surface area (Å²) < 4.78 is 5.00. The van der Waals surface area contributed by atoms with Gasteiger partial charge in [-0.05, 0) is 111 Å². The average molecular weight is 807 g/mol. The molecular weight excluding hydrogens is 769 g/mol. The smallest absolute Gasteiger partial charge is 0.0736 e. The average Bonchev–Trinajstić information content (AvgIpc) is 3.94. The van der Waals surface area contributed by atoms with Crippen molar-refractivity contribution in [3.63, 3.8) is 0 Å². The lowest BCUT2D eigenvalue weighted by Crippen LogP contribution is -2.32. The molecule has 4 aliphatic rings. The van der Waals surface area contributed by atoms with Gasteiger partial charge in [0.2, 0.25) is 0 Å². The molecule has 0 amide bonds. The van der Waals surface area contributed by atoms with Crippen molar-refractivity contribution in [2.45, 2.75) is 15.2 Å². The van der Waals surface area contributed by atoms with Crippen LogP contribution < -0.4 is 0 Å². The molecule has 0 N–H and O–H groups in total. The van der Waals surface area contributed by atoms with Crippen molar-refractivity contribution in [1.29, 1.82) is 0 Å². The van der Waals surface area contributed by atoms with Crippen LogP contribution in [0.1, 0.15) is 27.8 Å². The van der Waals surface area contributed by atoms with Gasteiger partial charge in [-0.15, -0.1) is 0 Å². The Labute approximate surface area is 364 Å². The monoisotopic (exact) mass is 806 g/mol. The zero-order valence-electron chi connectivity index (χ0n) is 33.7. The molecule has 10 aromatic rings. The Bertz CT molecular complexity index is 3640. The Kier molecular flexibility index (Phi) is 7.12. The second-order valence-corrected chi connectivity index (χ2v) is 18.2. The lowest BCUT2D eigenvalue weighted by molar-refractivity contribution is 0.671. The Morgan fingerprint density at radius 3 is 1.76 bits per heavy atom. The highest BCUT2D eigenvalue weighted by molar-refractivity contribution is 7.99. The molecule has 290 valence electrons. The van der Waals surface area contributed by atoms with Crippen LogP contribution in [0, 0.1) is 11.8 Å². The summed E-state index contributed by atoms with van der Waals surface area (Å²) in [5.41, 5.74) is 17.7. The highest BCUT2D eigenvalue weighted by Crippen LogP contribution is 2.63. The second kappa shape index (κ2) is 12.8. The topological polar surface area (TPSA) is 9.86 Å². The first-order valence-electron chi connectivity index (χ1n) is 21.7. The second-order valence-electron chi connectivity index (χ2n) is 17.1. The molecule has 0 saturated heterocycles. The number of hydrogen-bond donors (Lipinski definition) is 0. The van der Waals surface area contributed by atoms with Crippen LogP contribution >= 0.6 is 11.8 Å². The van der Waals surface area contributed by atoms with Crippen LogP contribution in [-0.2, 0) is 5.41 Å². The number of fused-ring (bicyclic) bond motifs is 16. The van der Waals surface area contributed by atoms with E-state index >= 15 is 0 Å². The number of allylic oxidation sites excluding steroid dienone is 8. The van der Waals surface area contributed by atoms with Crippen molar-refractivity contribution in [3.05, 3.63) is 246 Å². The summed E-state index contributed by atoms with van der Waals surface area (Å²) in [5, 5.41) is 5.13. The van der Waals surface area contributed by atoms with E-state index < -0.39 is 5.41 Å². The highest BCUT2D eigenvalue weighted by Gasteiger charge is 2.50. The van der Waals surface area contributed by atoms with Gasteiger partial charge in [0.25, 0.3) is 0 Å². The number of para-hydroxylation sites is 3. The Hall–Kier alpha value is -7.33. The van der Waals surface area contributed by atoms with Gasteiger partial charge in [-0.1, -0.05) is 163 Å². The Morgan fingerprint density at radius 2 is 1.00 bits per heavy atom. The molecule has 2 nitrogen and oxygen atoms in total. The molecule has 1 aliphatic heterocycles. The molecule has 3 heteroatoms. The zero-order valence-corrected chi connectivity index (χ0v) is 34.6. The van der Waals surface area contributed by atoms with Crippen molar-refractivity contribution in [1.82, 2.24) is 9.13 Å². The Morgan fingerprint density at radius 1 is 0.403 bits per heavy atom. The molecule has 0 saturated carbocycles. The van der Waals surface area contributed by atoms with Crippen molar-refractivity contribution in [3.8, 4) is 16.8 Å². The van der Waals surface area contributed by atoms with Crippen LogP contribution in [-0.4, -0.2) is 9.13 Å². The van der Waals surface area contributed by atoms with Crippen molar-refractivity contribution < 1.29 is 0 Å². The minimum absolute atomic E-state index is 0.146. The summed E-state index contributed by atoms with van der Waals surface area (Å²) in [6.07, 6.45) is 14.2. The predicted octanol–water partition coefficient (Wildman–Crippen LogP) is 15.0. The molecule has 0 radical (unpaired) electrons. The summed E-state index contributed by atoms with van der Waals surface area (Å²) in [6.45, 7) is 0. The van der Waals surface area contributed by atoms with Crippen LogP contribution in [0.4, 0.5) is 0 Å². The standard InChI is InChI=1S/C59H38N2S/c1-2-16-38(17-3-1)60-52-26-12-7-21-43(52)46-34-37(30-32-55(46)60)39-31-33-54(42-20-5-4-18-40(39)42)61-53-27-13-8-22-44(53)47-35-45-41-19-6-9-23-48(41)59(51(45)36-56(47)61)49-24-10-14-28-57(49)62-58-29-15-11-25-50(58)59/h1-36,40,42H. The fourth-order valence-electron chi connectivity index (χ4n) is 11.7. The Balaban J connectivity index is 1.01. The lowest BCUT2D eigenvalue weighted by Gasteiger charge is -2.39. The van der Waals surface area contributed by atoms with Crippen LogP contribution in [0.3, 0.4) is 0 Å². The van der Waals surface area contributed by atoms with Crippen LogP contribution in [0.15, 0.2) is 228 Å². The van der Waals surface area contributed by atoms with E-state index in [4.69, 9.17) is 0 Å². The van der Waals surface area contributed by atoms with E-state index in [0.717, 1.165) is 0 Å². The van der Waals surface area contributed by atoms with E-state index in [1.165, 1.54) is 109 Å². The van der Waals surface area contributed by atoms with Gasteiger partial charge < -0.3 is 9.13 Å². The molecule has 2 aromatic heterocycles. The maximum absolute atomic E-state index is 2.60. The van der Waals surface area contributed by atoms with Gasteiger partial charge in [-0.2, -0.15) is 0 Å². The van der Waals surface area contributed by atoms with E-state index in [2.05, 4.69) is 228 Å². The van der Waals surface area contributed by atoms with Crippen LogP contribution in [0.25, 0.3) is 71.7 Å². The van der Waals surface area contributed by atoms with Crippen molar-refractivity contribution >= 4 is 66.6 Å². The number of hydrogen-bond acceptors (Lipinski definition) is 1. The van der Waals surface area contributed by atoms with E-state index in [0.29, 0.717) is 0 Å². The summed E-state index contributed by atoms with van der Waals surface area (Å²) in [4.78, 5) is 2.65. The molecule has 3 aliphatic carbocycles. The van der Waals surface area contributed by atoms with Gasteiger partial charge in [0, 0.05) is 54.6 Å². The van der Waals surface area contributed by atoms with Crippen molar-refractivity contribution in [2.24, 2.45) is 11.8 Å². The van der Waals surface area contributed by atoms with E-state index in [-0.39, 0.29) is 11.8 Å². The predicted molar refractivity (Wildman–Crippen MR) is 259 cm³/mol. The maximum Gasteiger partial charge on any atom is 0.0736 e. The molecule has 0 bridgehead atoms. The molecule has 2 unspecified atom stereocenters. The van der Waals surface area contributed by atoms with Gasteiger partial charge in [-0.25, -0.2) is 0 Å². The van der Waals surface area contributed by atoms with Gasteiger partial charge in [-0.3, -0.25) is 0 Å². The van der Waals surface area contributed by atoms with Crippen molar-refractivity contribution in [2.75, 3.05) is 0 Å². The van der Waals surface area contributed by atoms with Crippen LogP contribution in [0.2, 0.25) is 0 Å². The van der Waals surface area contributed by atoms with Gasteiger partial charge >= 0.3 is 0 Å². The summed E-state index contributed by atoms with van der Waals surface area (Å²) in [6, 6.07) is 68.2. The molecule has 62 heavy (non-hydrogen) atoms. The first kappa shape index (κ1) is 34.4. The van der Waals surface area contributed by atoms with Gasteiger partial charge in [0.05, 0.1) is 27.5 Å². The van der Waals surface area contributed by atoms with Gasteiger partial charge in [0.15, 0.2) is 0 Å². The molecule has 8 aromatic carbocycles. The largest absolute Gasteiger partial charge is 0.312 e. The van der Waals surface area contributed by atoms with Gasteiger partial charge in [0.1, 0.15) is 0 Å². The van der Waals surface area contributed by atoms with E-state index in [1.54, 1.807) is 0 Å². The quantitative estimate of drug-likeness (QED) is 0.173. The molecule has 2 atom stereocenters.